The lowest BCUT2D eigenvalue weighted by Crippen LogP contribution is -2.47. The number of carbonyl (C=O) groups excluding carboxylic acids is 1. The number of hydrogen-bond acceptors (Lipinski definition) is 4. The minimum Gasteiger partial charge on any atom is -0.444 e. The van der Waals surface area contributed by atoms with Gasteiger partial charge in [0.2, 0.25) is 0 Å². The van der Waals surface area contributed by atoms with Crippen molar-refractivity contribution < 1.29 is 9.53 Å². The molecule has 27 heavy (non-hydrogen) atoms. The average molecular weight is 437 g/mol. The third-order valence-corrected chi connectivity index (χ3v) is 6.08. The molecule has 1 N–H and O–H groups in total. The van der Waals surface area contributed by atoms with Crippen molar-refractivity contribution in [2.45, 2.75) is 63.9 Å². The van der Waals surface area contributed by atoms with Gasteiger partial charge < -0.3 is 9.64 Å². The van der Waals surface area contributed by atoms with Gasteiger partial charge in [-0.25, -0.2) is 14.3 Å². The van der Waals surface area contributed by atoms with E-state index in [0.717, 1.165) is 35.1 Å². The van der Waals surface area contributed by atoms with Crippen LogP contribution in [-0.4, -0.2) is 44.3 Å². The monoisotopic (exact) mass is 436 g/mol. The Morgan fingerprint density at radius 3 is 2.67 bits per heavy atom. The van der Waals surface area contributed by atoms with Gasteiger partial charge in [-0.3, -0.25) is 9.89 Å². The Hall–Kier alpha value is -1.83. The molecule has 1 aliphatic heterocycles. The predicted molar refractivity (Wildman–Crippen MR) is 105 cm³/mol. The third-order valence-electron chi connectivity index (χ3n) is 5.68. The summed E-state index contributed by atoms with van der Waals surface area (Å²) in [5.74, 6) is 0.236. The lowest BCUT2D eigenvalue weighted by atomic mass is 9.74. The number of aromatic amines is 1. The van der Waals surface area contributed by atoms with Crippen LogP contribution in [0.4, 0.5) is 4.79 Å². The Morgan fingerprint density at radius 2 is 2.04 bits per heavy atom. The molecule has 1 unspecified atom stereocenters. The molecule has 2 aliphatic rings. The molecule has 0 bridgehead atoms. The molecule has 1 amide bonds. The third kappa shape index (κ3) is 3.07. The van der Waals surface area contributed by atoms with Crippen molar-refractivity contribution in [3.05, 3.63) is 32.3 Å². The molecule has 7 nitrogen and oxygen atoms in total. The molecular formula is C19H25BrN4O3. The minimum absolute atomic E-state index is 0.0178. The van der Waals surface area contributed by atoms with E-state index >= 15 is 0 Å². The fraction of sp³-hybridized carbons (Fsp3) is 0.632. The maximum absolute atomic E-state index is 13.2. The summed E-state index contributed by atoms with van der Waals surface area (Å²) in [6.07, 6.45) is 2.14. The average Bonchev–Trinajstić information content (AvgIpc) is 3.05. The van der Waals surface area contributed by atoms with Gasteiger partial charge in [-0.2, -0.15) is 0 Å². The molecule has 3 heterocycles. The Labute approximate surface area is 166 Å². The van der Waals surface area contributed by atoms with E-state index in [1.54, 1.807) is 4.90 Å². The van der Waals surface area contributed by atoms with Gasteiger partial charge >= 0.3 is 6.09 Å². The van der Waals surface area contributed by atoms with Gasteiger partial charge in [0, 0.05) is 30.1 Å². The van der Waals surface area contributed by atoms with Gasteiger partial charge in [-0.15, -0.1) is 0 Å². The topological polar surface area (TPSA) is 79.7 Å². The number of ether oxygens (including phenoxy) is 1. The van der Waals surface area contributed by atoms with Gasteiger partial charge in [0.05, 0.1) is 5.69 Å². The number of aromatic nitrogens is 3. The molecule has 1 atom stereocenters. The number of nitrogens with one attached hydrogen (secondary N) is 1. The SMILES string of the molecule is CC1CC2(CCN(C(=O)OC(C)(C)C)CC2)c2c1nc1cc(Br)[nH]n1c2=O. The van der Waals surface area contributed by atoms with Crippen molar-refractivity contribution >= 4 is 27.7 Å². The number of likely N-dealkylation sites (tertiary alicyclic amines) is 1. The molecule has 2 aromatic rings. The highest BCUT2D eigenvalue weighted by Gasteiger charge is 2.48. The molecule has 2 aromatic heterocycles. The van der Waals surface area contributed by atoms with Gasteiger partial charge in [-0.1, -0.05) is 6.92 Å². The molecular weight excluding hydrogens is 412 g/mol. The Kier molecular flexibility index (Phi) is 4.18. The van der Waals surface area contributed by atoms with E-state index in [1.807, 2.05) is 26.8 Å². The zero-order valence-electron chi connectivity index (χ0n) is 16.1. The summed E-state index contributed by atoms with van der Waals surface area (Å²) in [4.78, 5) is 32.1. The van der Waals surface area contributed by atoms with Crippen LogP contribution >= 0.6 is 15.9 Å². The van der Waals surface area contributed by atoms with Crippen molar-refractivity contribution in [3.63, 3.8) is 0 Å². The Bertz CT molecular complexity index is 964. The number of nitrogens with zero attached hydrogens (tertiary/aromatic N) is 3. The molecule has 1 saturated heterocycles. The summed E-state index contributed by atoms with van der Waals surface area (Å²) >= 11 is 3.38. The number of carbonyl (C=O) groups is 1. The first-order valence-electron chi connectivity index (χ1n) is 9.39. The van der Waals surface area contributed by atoms with Gasteiger partial charge in [0.25, 0.3) is 5.56 Å². The van der Waals surface area contributed by atoms with Crippen LogP contribution in [0.1, 0.15) is 64.1 Å². The Morgan fingerprint density at radius 1 is 1.37 bits per heavy atom. The van der Waals surface area contributed by atoms with Gasteiger partial charge in [-0.05, 0) is 61.9 Å². The molecule has 1 spiro atoms. The van der Waals surface area contributed by atoms with Crippen molar-refractivity contribution in [1.29, 1.82) is 0 Å². The zero-order chi connectivity index (χ0) is 19.6. The van der Waals surface area contributed by atoms with Crippen LogP contribution in [0.25, 0.3) is 5.65 Å². The van der Waals surface area contributed by atoms with Crippen molar-refractivity contribution in [3.8, 4) is 0 Å². The van der Waals surface area contributed by atoms with E-state index in [-0.39, 0.29) is 23.0 Å². The molecule has 1 fully saturated rings. The summed E-state index contributed by atoms with van der Waals surface area (Å²) < 4.78 is 7.75. The van der Waals surface area contributed by atoms with Crippen molar-refractivity contribution in [2.75, 3.05) is 13.1 Å². The molecule has 146 valence electrons. The number of halogens is 1. The molecule has 8 heteroatoms. The first-order chi connectivity index (χ1) is 12.6. The fourth-order valence-corrected chi connectivity index (χ4v) is 4.93. The minimum atomic E-state index is -0.504. The number of rotatable bonds is 0. The first kappa shape index (κ1) is 18.5. The quantitative estimate of drug-likeness (QED) is 0.684. The van der Waals surface area contributed by atoms with Gasteiger partial charge in [0.15, 0.2) is 5.65 Å². The maximum atomic E-state index is 13.2. The number of amides is 1. The lowest BCUT2D eigenvalue weighted by Gasteiger charge is -2.40. The molecule has 0 saturated carbocycles. The molecule has 0 aromatic carbocycles. The highest BCUT2D eigenvalue weighted by atomic mass is 79.9. The van der Waals surface area contributed by atoms with Crippen LogP contribution in [0.15, 0.2) is 15.5 Å². The maximum Gasteiger partial charge on any atom is 0.410 e. The van der Waals surface area contributed by atoms with Crippen LogP contribution in [-0.2, 0) is 10.2 Å². The summed E-state index contributed by atoms with van der Waals surface area (Å²) in [7, 11) is 0. The summed E-state index contributed by atoms with van der Waals surface area (Å²) in [5, 5.41) is 3.02. The number of hydrogen-bond donors (Lipinski definition) is 1. The molecule has 4 rings (SSSR count). The van der Waals surface area contributed by atoms with E-state index in [0.29, 0.717) is 18.7 Å². The van der Waals surface area contributed by atoms with Gasteiger partial charge in [0.1, 0.15) is 10.2 Å². The lowest BCUT2D eigenvalue weighted by molar-refractivity contribution is 0.0162. The van der Waals surface area contributed by atoms with E-state index < -0.39 is 5.60 Å². The van der Waals surface area contributed by atoms with E-state index in [1.165, 1.54) is 4.52 Å². The number of piperidine rings is 1. The van der Waals surface area contributed by atoms with E-state index in [4.69, 9.17) is 9.72 Å². The van der Waals surface area contributed by atoms with Crippen molar-refractivity contribution in [1.82, 2.24) is 19.5 Å². The Balaban J connectivity index is 1.65. The van der Waals surface area contributed by atoms with Crippen LogP contribution in [0.2, 0.25) is 0 Å². The molecule has 0 radical (unpaired) electrons. The van der Waals surface area contributed by atoms with E-state index in [9.17, 15) is 9.59 Å². The second kappa shape index (κ2) is 6.09. The number of fused-ring (bicyclic) bond motifs is 3. The summed E-state index contributed by atoms with van der Waals surface area (Å²) in [5.41, 5.74) is 1.64. The fourth-order valence-electron chi connectivity index (χ4n) is 4.55. The summed E-state index contributed by atoms with van der Waals surface area (Å²) in [6, 6.07) is 1.82. The largest absolute Gasteiger partial charge is 0.444 e. The van der Waals surface area contributed by atoms with Crippen LogP contribution in [0.5, 0.6) is 0 Å². The highest BCUT2D eigenvalue weighted by Crippen LogP contribution is 2.49. The normalized spacial score (nSPS) is 21.7. The first-order valence-corrected chi connectivity index (χ1v) is 10.2. The second-order valence-electron chi connectivity index (χ2n) is 8.83. The number of H-pyrrole nitrogens is 1. The molecule has 1 aliphatic carbocycles. The van der Waals surface area contributed by atoms with Crippen LogP contribution in [0.3, 0.4) is 0 Å². The predicted octanol–water partition coefficient (Wildman–Crippen LogP) is 3.56. The van der Waals surface area contributed by atoms with Crippen LogP contribution < -0.4 is 5.56 Å². The summed E-state index contributed by atoms with van der Waals surface area (Å²) in [6.45, 7) is 8.94. The van der Waals surface area contributed by atoms with E-state index in [2.05, 4.69) is 28.0 Å². The van der Waals surface area contributed by atoms with Crippen molar-refractivity contribution in [2.24, 2.45) is 0 Å². The zero-order valence-corrected chi connectivity index (χ0v) is 17.7. The highest BCUT2D eigenvalue weighted by molar-refractivity contribution is 9.10. The van der Waals surface area contributed by atoms with Crippen LogP contribution in [0, 0.1) is 0 Å². The standard InChI is InChI=1S/C19H25BrN4O3/c1-11-10-19(5-7-23(8-6-19)17(26)27-18(2,3)4)14-15(11)21-13-9-12(20)22-24(13)16(14)25/h9,11,22H,5-8,10H2,1-4H3. The second-order valence-corrected chi connectivity index (χ2v) is 9.68. The smallest absolute Gasteiger partial charge is 0.410 e.